The van der Waals surface area contributed by atoms with Crippen molar-refractivity contribution in [2.75, 3.05) is 6.61 Å². The van der Waals surface area contributed by atoms with E-state index in [1.807, 2.05) is 6.92 Å². The van der Waals surface area contributed by atoms with Gasteiger partial charge >= 0.3 is 0 Å². The largest absolute Gasteiger partial charge is 0.390 e. The lowest BCUT2D eigenvalue weighted by Crippen LogP contribution is -2.39. The summed E-state index contributed by atoms with van der Waals surface area (Å²) in [4.78, 5) is 0. The molecule has 4 atom stereocenters. The number of aliphatic hydroxyl groups is 1. The van der Waals surface area contributed by atoms with Gasteiger partial charge in [0.15, 0.2) is 0 Å². The molecule has 0 radical (unpaired) electrons. The predicted octanol–water partition coefficient (Wildman–Crippen LogP) is 3.62. The van der Waals surface area contributed by atoms with Gasteiger partial charge in [0.2, 0.25) is 0 Å². The summed E-state index contributed by atoms with van der Waals surface area (Å²) < 4.78 is 5.72. The molecule has 2 nitrogen and oxygen atoms in total. The second-order valence-corrected chi connectivity index (χ2v) is 5.95. The third-order valence-corrected chi connectivity index (χ3v) is 4.03. The number of ether oxygens (including phenoxy) is 1. The molecule has 0 aromatic heterocycles. The first-order valence-corrected chi connectivity index (χ1v) is 7.38. The number of hydrogen-bond acceptors (Lipinski definition) is 2. The van der Waals surface area contributed by atoms with E-state index < -0.39 is 0 Å². The van der Waals surface area contributed by atoms with E-state index in [2.05, 4.69) is 20.8 Å². The summed E-state index contributed by atoms with van der Waals surface area (Å²) in [7, 11) is 0. The van der Waals surface area contributed by atoms with Gasteiger partial charge in [-0.05, 0) is 50.4 Å². The lowest BCUT2D eigenvalue weighted by molar-refractivity contribution is -0.0756. The van der Waals surface area contributed by atoms with Gasteiger partial charge in [0.1, 0.15) is 0 Å². The summed E-state index contributed by atoms with van der Waals surface area (Å²) in [6.45, 7) is 9.50. The number of aliphatic hydroxyl groups excluding tert-OH is 1. The number of hydrogen-bond donors (Lipinski definition) is 1. The van der Waals surface area contributed by atoms with E-state index in [4.69, 9.17) is 4.74 Å². The van der Waals surface area contributed by atoms with Crippen LogP contribution >= 0.6 is 0 Å². The maximum Gasteiger partial charge on any atom is 0.0836 e. The van der Waals surface area contributed by atoms with Crippen LogP contribution in [-0.2, 0) is 4.74 Å². The average Bonchev–Trinajstić information content (AvgIpc) is 2.26. The molecule has 0 aliphatic heterocycles. The molecule has 1 N–H and O–H groups in total. The van der Waals surface area contributed by atoms with Gasteiger partial charge in [0.25, 0.3) is 0 Å². The Hall–Kier alpha value is -0.0800. The first kappa shape index (κ1) is 15.0. The van der Waals surface area contributed by atoms with Gasteiger partial charge < -0.3 is 9.84 Å². The zero-order valence-corrected chi connectivity index (χ0v) is 12.0. The van der Waals surface area contributed by atoms with Crippen molar-refractivity contribution in [2.24, 2.45) is 17.8 Å². The van der Waals surface area contributed by atoms with Crippen molar-refractivity contribution >= 4 is 0 Å². The van der Waals surface area contributed by atoms with E-state index in [0.717, 1.165) is 24.7 Å². The van der Waals surface area contributed by atoms with Crippen LogP contribution in [-0.4, -0.2) is 23.9 Å². The van der Waals surface area contributed by atoms with Crippen molar-refractivity contribution in [2.45, 2.75) is 72.0 Å². The first-order valence-electron chi connectivity index (χ1n) is 7.38. The van der Waals surface area contributed by atoms with E-state index in [1.54, 1.807) is 0 Å². The maximum atomic E-state index is 10.5. The highest BCUT2D eigenvalue weighted by atomic mass is 16.5. The van der Waals surface area contributed by atoms with Crippen LogP contribution in [0, 0.1) is 17.8 Å². The topological polar surface area (TPSA) is 29.5 Å². The molecular weight excluding hydrogens is 212 g/mol. The molecule has 102 valence electrons. The fourth-order valence-corrected chi connectivity index (χ4v) is 3.44. The van der Waals surface area contributed by atoms with Gasteiger partial charge in [-0.2, -0.15) is 0 Å². The molecule has 0 amide bonds. The van der Waals surface area contributed by atoms with Crippen LogP contribution < -0.4 is 0 Å². The van der Waals surface area contributed by atoms with E-state index in [9.17, 15) is 5.11 Å². The minimum Gasteiger partial charge on any atom is -0.390 e. The molecule has 2 heteroatoms. The quantitative estimate of drug-likeness (QED) is 0.771. The van der Waals surface area contributed by atoms with Gasteiger partial charge in [-0.15, -0.1) is 0 Å². The van der Waals surface area contributed by atoms with E-state index in [-0.39, 0.29) is 12.2 Å². The Balaban J connectivity index is 2.55. The minimum atomic E-state index is -0.264. The second-order valence-electron chi connectivity index (χ2n) is 5.95. The third kappa shape index (κ3) is 4.59. The molecule has 1 rings (SSSR count). The maximum absolute atomic E-state index is 10.5. The Morgan fingerprint density at radius 1 is 1.12 bits per heavy atom. The van der Waals surface area contributed by atoms with E-state index >= 15 is 0 Å². The van der Waals surface area contributed by atoms with Crippen LogP contribution in [0.1, 0.15) is 59.8 Å². The minimum absolute atomic E-state index is 0.0486. The van der Waals surface area contributed by atoms with Gasteiger partial charge in [-0.25, -0.2) is 0 Å². The highest BCUT2D eigenvalue weighted by molar-refractivity contribution is 4.83. The first-order chi connectivity index (χ1) is 8.08. The second kappa shape index (κ2) is 7.38. The number of rotatable bonds is 6. The molecule has 0 aromatic carbocycles. The Kier molecular flexibility index (Phi) is 6.50. The van der Waals surface area contributed by atoms with Crippen molar-refractivity contribution < 1.29 is 9.84 Å². The van der Waals surface area contributed by atoms with Crippen LogP contribution in [0.15, 0.2) is 0 Å². The monoisotopic (exact) mass is 242 g/mol. The summed E-state index contributed by atoms with van der Waals surface area (Å²) in [5.41, 5.74) is 0. The van der Waals surface area contributed by atoms with Crippen LogP contribution in [0.3, 0.4) is 0 Å². The van der Waals surface area contributed by atoms with Crippen molar-refractivity contribution in [3.05, 3.63) is 0 Å². The van der Waals surface area contributed by atoms with Crippen LogP contribution in [0.25, 0.3) is 0 Å². The standard InChI is InChI=1S/C15H30O2/c1-5-7-14(17-6-2)15(16)13-9-11(3)8-12(4)10-13/h11-16H,5-10H2,1-4H3. The average molecular weight is 242 g/mol. The Morgan fingerprint density at radius 2 is 1.71 bits per heavy atom. The molecule has 0 saturated heterocycles. The van der Waals surface area contributed by atoms with Crippen molar-refractivity contribution in [3.63, 3.8) is 0 Å². The summed E-state index contributed by atoms with van der Waals surface area (Å²) in [5, 5.41) is 10.5. The molecule has 0 spiro atoms. The molecule has 0 bridgehead atoms. The van der Waals surface area contributed by atoms with Crippen molar-refractivity contribution in [1.82, 2.24) is 0 Å². The molecule has 1 fully saturated rings. The van der Waals surface area contributed by atoms with E-state index in [0.29, 0.717) is 12.5 Å². The summed E-state index contributed by atoms with van der Waals surface area (Å²) in [5.74, 6) is 1.95. The molecule has 17 heavy (non-hydrogen) atoms. The van der Waals surface area contributed by atoms with Gasteiger partial charge in [-0.1, -0.05) is 27.2 Å². The lowest BCUT2D eigenvalue weighted by Gasteiger charge is -2.37. The van der Waals surface area contributed by atoms with Crippen LogP contribution in [0.2, 0.25) is 0 Å². The van der Waals surface area contributed by atoms with Gasteiger partial charge in [-0.3, -0.25) is 0 Å². The zero-order chi connectivity index (χ0) is 12.8. The predicted molar refractivity (Wildman–Crippen MR) is 72.0 cm³/mol. The molecular formula is C15H30O2. The lowest BCUT2D eigenvalue weighted by atomic mass is 9.73. The Labute approximate surface area is 107 Å². The van der Waals surface area contributed by atoms with E-state index in [1.165, 1.54) is 19.3 Å². The van der Waals surface area contributed by atoms with Crippen molar-refractivity contribution in [1.29, 1.82) is 0 Å². The fourth-order valence-electron chi connectivity index (χ4n) is 3.44. The van der Waals surface area contributed by atoms with Crippen LogP contribution in [0.4, 0.5) is 0 Å². The normalized spacial score (nSPS) is 33.4. The summed E-state index contributed by atoms with van der Waals surface area (Å²) in [6.07, 6.45) is 5.49. The molecule has 0 heterocycles. The molecule has 1 aliphatic carbocycles. The smallest absolute Gasteiger partial charge is 0.0836 e. The highest BCUT2D eigenvalue weighted by Crippen LogP contribution is 2.36. The zero-order valence-electron chi connectivity index (χ0n) is 12.0. The summed E-state index contributed by atoms with van der Waals surface area (Å²) >= 11 is 0. The molecule has 4 unspecified atom stereocenters. The molecule has 1 saturated carbocycles. The SMILES string of the molecule is CCCC(OCC)C(O)C1CC(C)CC(C)C1. The highest BCUT2D eigenvalue weighted by Gasteiger charge is 2.33. The third-order valence-electron chi connectivity index (χ3n) is 4.03. The fraction of sp³-hybridized carbons (Fsp3) is 1.00. The molecule has 1 aliphatic rings. The Morgan fingerprint density at radius 3 is 2.18 bits per heavy atom. The van der Waals surface area contributed by atoms with Gasteiger partial charge in [0, 0.05) is 6.61 Å². The van der Waals surface area contributed by atoms with Gasteiger partial charge in [0.05, 0.1) is 12.2 Å². The summed E-state index contributed by atoms with van der Waals surface area (Å²) in [6, 6.07) is 0. The Bertz CT molecular complexity index is 189. The molecule has 0 aromatic rings. The van der Waals surface area contributed by atoms with Crippen molar-refractivity contribution in [3.8, 4) is 0 Å². The van der Waals surface area contributed by atoms with Crippen LogP contribution in [0.5, 0.6) is 0 Å².